The molecule has 10 heteroatoms. The van der Waals surface area contributed by atoms with Crippen LogP contribution < -0.4 is 10.1 Å². The molecule has 1 N–H and O–H groups in total. The van der Waals surface area contributed by atoms with Crippen LogP contribution in [0.25, 0.3) is 0 Å². The summed E-state index contributed by atoms with van der Waals surface area (Å²) in [6.07, 6.45) is 1.48. The number of sulfonamides is 1. The first-order valence-corrected chi connectivity index (χ1v) is 12.0. The molecule has 1 aliphatic rings. The minimum absolute atomic E-state index is 0.0418. The van der Waals surface area contributed by atoms with E-state index >= 15 is 0 Å². The number of benzene rings is 2. The average Bonchev–Trinajstić information content (AvgIpc) is 2.80. The number of piperidine rings is 1. The Morgan fingerprint density at radius 3 is 2.50 bits per heavy atom. The van der Waals surface area contributed by atoms with Crippen LogP contribution >= 0.6 is 11.6 Å². The zero-order valence-electron chi connectivity index (χ0n) is 17.8. The Labute approximate surface area is 192 Å². The first-order chi connectivity index (χ1) is 15.2. The van der Waals surface area contributed by atoms with Crippen LogP contribution in [0.5, 0.6) is 5.75 Å². The number of hydrogen-bond acceptors (Lipinski definition) is 6. The molecule has 1 aliphatic heterocycles. The summed E-state index contributed by atoms with van der Waals surface area (Å²) < 4.78 is 37.6. The van der Waals surface area contributed by atoms with E-state index in [4.69, 9.17) is 21.1 Å². The maximum Gasteiger partial charge on any atom is 0.339 e. The Balaban J connectivity index is 1.71. The second-order valence-corrected chi connectivity index (χ2v) is 9.72. The van der Waals surface area contributed by atoms with E-state index in [1.165, 1.54) is 42.6 Å². The van der Waals surface area contributed by atoms with Crippen LogP contribution in [0.4, 0.5) is 5.69 Å². The van der Waals surface area contributed by atoms with E-state index in [0.717, 1.165) is 19.3 Å². The fourth-order valence-corrected chi connectivity index (χ4v) is 4.99. The van der Waals surface area contributed by atoms with E-state index in [-0.39, 0.29) is 21.2 Å². The molecule has 0 aromatic heterocycles. The van der Waals surface area contributed by atoms with E-state index in [2.05, 4.69) is 5.32 Å². The summed E-state index contributed by atoms with van der Waals surface area (Å²) in [5.74, 6) is -0.857. The largest absolute Gasteiger partial charge is 0.497 e. The molecule has 0 radical (unpaired) electrons. The second-order valence-electron chi connectivity index (χ2n) is 7.38. The van der Waals surface area contributed by atoms with Crippen molar-refractivity contribution >= 4 is 39.2 Å². The highest BCUT2D eigenvalue weighted by molar-refractivity contribution is 7.89. The summed E-state index contributed by atoms with van der Waals surface area (Å²) in [5, 5.41) is 2.72. The van der Waals surface area contributed by atoms with Gasteiger partial charge in [-0.25, -0.2) is 13.2 Å². The van der Waals surface area contributed by atoms with Crippen molar-refractivity contribution in [2.24, 2.45) is 0 Å². The lowest BCUT2D eigenvalue weighted by Crippen LogP contribution is -2.35. The molecule has 1 heterocycles. The lowest BCUT2D eigenvalue weighted by molar-refractivity contribution is -0.123. The van der Waals surface area contributed by atoms with Crippen LogP contribution in [0.15, 0.2) is 47.4 Å². The van der Waals surface area contributed by atoms with Crippen molar-refractivity contribution in [3.05, 3.63) is 53.1 Å². The molecular weight excluding hydrogens is 456 g/mol. The SMILES string of the molecule is COc1cccc(C(=O)O[C@@H](C)C(=O)Nc2cc(S(=O)(=O)N3CCCCC3)ccc2Cl)c1. The fraction of sp³-hybridized carbons (Fsp3) is 0.364. The normalized spacial score (nSPS) is 15.6. The van der Waals surface area contributed by atoms with Gasteiger partial charge in [-0.1, -0.05) is 24.1 Å². The van der Waals surface area contributed by atoms with Crippen LogP contribution in [0.1, 0.15) is 36.5 Å². The summed E-state index contributed by atoms with van der Waals surface area (Å²) in [5.41, 5.74) is 0.357. The van der Waals surface area contributed by atoms with Crippen LogP contribution in [-0.2, 0) is 19.6 Å². The summed E-state index contributed by atoms with van der Waals surface area (Å²) in [6, 6.07) is 10.5. The number of methoxy groups -OCH3 is 1. The topological polar surface area (TPSA) is 102 Å². The minimum atomic E-state index is -3.69. The number of ether oxygens (including phenoxy) is 2. The number of nitrogens with zero attached hydrogens (tertiary/aromatic N) is 1. The molecule has 32 heavy (non-hydrogen) atoms. The molecule has 1 amide bonds. The highest BCUT2D eigenvalue weighted by Crippen LogP contribution is 2.28. The van der Waals surface area contributed by atoms with Gasteiger partial charge in [-0.15, -0.1) is 0 Å². The molecule has 8 nitrogen and oxygen atoms in total. The lowest BCUT2D eigenvalue weighted by atomic mass is 10.2. The van der Waals surface area contributed by atoms with E-state index in [9.17, 15) is 18.0 Å². The molecule has 1 fully saturated rings. The predicted octanol–water partition coefficient (Wildman–Crippen LogP) is 3.71. The van der Waals surface area contributed by atoms with Crippen molar-refractivity contribution in [1.82, 2.24) is 4.31 Å². The highest BCUT2D eigenvalue weighted by Gasteiger charge is 2.27. The molecule has 0 bridgehead atoms. The quantitative estimate of drug-likeness (QED) is 0.606. The number of halogens is 1. The van der Waals surface area contributed by atoms with Gasteiger partial charge in [0, 0.05) is 13.1 Å². The Morgan fingerprint density at radius 2 is 1.81 bits per heavy atom. The van der Waals surface area contributed by atoms with Crippen molar-refractivity contribution in [3.8, 4) is 5.75 Å². The molecule has 0 saturated carbocycles. The Kier molecular flexibility index (Phi) is 7.76. The second kappa shape index (κ2) is 10.3. The van der Waals surface area contributed by atoms with E-state index < -0.39 is 28.0 Å². The molecule has 172 valence electrons. The first-order valence-electron chi connectivity index (χ1n) is 10.2. The van der Waals surface area contributed by atoms with Crippen molar-refractivity contribution in [2.75, 3.05) is 25.5 Å². The minimum Gasteiger partial charge on any atom is -0.497 e. The summed E-state index contributed by atoms with van der Waals surface area (Å²) >= 11 is 6.17. The van der Waals surface area contributed by atoms with Gasteiger partial charge in [0.1, 0.15) is 5.75 Å². The molecule has 1 saturated heterocycles. The molecule has 0 spiro atoms. The first kappa shape index (κ1) is 24.0. The van der Waals surface area contributed by atoms with Gasteiger partial charge < -0.3 is 14.8 Å². The number of carbonyl (C=O) groups is 2. The summed E-state index contributed by atoms with van der Waals surface area (Å²) in [6.45, 7) is 2.34. The van der Waals surface area contributed by atoms with Crippen molar-refractivity contribution in [2.45, 2.75) is 37.2 Å². The maximum absolute atomic E-state index is 12.9. The number of amides is 1. The standard InChI is InChI=1S/C22H25ClN2O6S/c1-15(31-22(27)16-7-6-8-17(13-16)30-2)21(26)24-20-14-18(9-10-19(20)23)32(28,29)25-11-4-3-5-12-25/h6-10,13-15H,3-5,11-12H2,1-2H3,(H,24,26)/t15-/m0/s1. The third kappa shape index (κ3) is 5.59. The van der Waals surface area contributed by atoms with Crippen molar-refractivity contribution in [3.63, 3.8) is 0 Å². The van der Waals surface area contributed by atoms with Gasteiger partial charge in [-0.05, 0) is 56.2 Å². The van der Waals surface area contributed by atoms with E-state index in [0.29, 0.717) is 18.8 Å². The fourth-order valence-electron chi connectivity index (χ4n) is 3.28. The van der Waals surface area contributed by atoms with Gasteiger partial charge >= 0.3 is 5.97 Å². The van der Waals surface area contributed by atoms with Gasteiger partial charge in [0.05, 0.1) is 28.3 Å². The molecule has 0 unspecified atom stereocenters. The molecule has 3 rings (SSSR count). The van der Waals surface area contributed by atoms with Crippen molar-refractivity contribution < 1.29 is 27.5 Å². The average molecular weight is 481 g/mol. The lowest BCUT2D eigenvalue weighted by Gasteiger charge is -2.26. The maximum atomic E-state index is 12.9. The number of hydrogen-bond donors (Lipinski definition) is 1. The number of rotatable bonds is 7. The number of anilines is 1. The van der Waals surface area contributed by atoms with Gasteiger partial charge in [0.2, 0.25) is 10.0 Å². The van der Waals surface area contributed by atoms with Crippen LogP contribution in [0.3, 0.4) is 0 Å². The third-order valence-electron chi connectivity index (χ3n) is 5.11. The molecular formula is C22H25ClN2O6S. The number of nitrogens with one attached hydrogen (secondary N) is 1. The Hall–Kier alpha value is -2.62. The zero-order valence-corrected chi connectivity index (χ0v) is 19.4. The van der Waals surface area contributed by atoms with Crippen molar-refractivity contribution in [1.29, 1.82) is 0 Å². The summed E-state index contributed by atoms with van der Waals surface area (Å²) in [7, 11) is -2.22. The number of esters is 1. The number of carbonyl (C=O) groups excluding carboxylic acids is 2. The Morgan fingerprint density at radius 1 is 1.09 bits per heavy atom. The molecule has 2 aromatic rings. The smallest absolute Gasteiger partial charge is 0.339 e. The third-order valence-corrected chi connectivity index (χ3v) is 7.33. The zero-order chi connectivity index (χ0) is 23.3. The van der Waals surface area contributed by atoms with E-state index in [1.54, 1.807) is 18.2 Å². The summed E-state index contributed by atoms with van der Waals surface area (Å²) in [4.78, 5) is 25.0. The Bertz CT molecular complexity index is 1100. The van der Waals surface area contributed by atoms with Crippen LogP contribution in [-0.4, -0.2) is 50.9 Å². The molecule has 2 aromatic carbocycles. The van der Waals surface area contributed by atoms with Gasteiger partial charge in [0.15, 0.2) is 6.10 Å². The molecule has 0 aliphatic carbocycles. The van der Waals surface area contributed by atoms with E-state index in [1.807, 2.05) is 0 Å². The van der Waals surface area contributed by atoms with Gasteiger partial charge in [-0.3, -0.25) is 4.79 Å². The van der Waals surface area contributed by atoms with Gasteiger partial charge in [-0.2, -0.15) is 4.31 Å². The van der Waals surface area contributed by atoms with Crippen LogP contribution in [0, 0.1) is 0 Å². The monoisotopic (exact) mass is 480 g/mol. The van der Waals surface area contributed by atoms with Gasteiger partial charge in [0.25, 0.3) is 5.91 Å². The predicted molar refractivity (Wildman–Crippen MR) is 121 cm³/mol. The van der Waals surface area contributed by atoms with Crippen LogP contribution in [0.2, 0.25) is 5.02 Å². The molecule has 1 atom stereocenters. The highest BCUT2D eigenvalue weighted by atomic mass is 35.5.